The Hall–Kier alpha value is -1.57. The lowest BCUT2D eigenvalue weighted by Gasteiger charge is -2.17. The van der Waals surface area contributed by atoms with Crippen LogP contribution < -0.4 is 14.8 Å². The molecule has 1 aromatic rings. The summed E-state index contributed by atoms with van der Waals surface area (Å²) in [6.45, 7) is -2.95. The molecule has 1 fully saturated rings. The van der Waals surface area contributed by atoms with E-state index in [1.54, 1.807) is 0 Å². The van der Waals surface area contributed by atoms with E-state index in [0.29, 0.717) is 17.9 Å². The maximum atomic E-state index is 12.3. The molecule has 1 N–H and O–H groups in total. The molecule has 1 saturated heterocycles. The Morgan fingerprint density at radius 1 is 1.40 bits per heavy atom. The Bertz CT molecular complexity index is 577. The van der Waals surface area contributed by atoms with Gasteiger partial charge in [-0.15, -0.1) is 0 Å². The van der Waals surface area contributed by atoms with Crippen molar-refractivity contribution in [1.82, 2.24) is 0 Å². The number of hydrogen-bond acceptors (Lipinski definition) is 5. The van der Waals surface area contributed by atoms with Crippen molar-refractivity contribution in [2.75, 3.05) is 23.9 Å². The monoisotopic (exact) mass is 307 g/mol. The molecular formula is C12H15F2NO4S. The predicted molar refractivity (Wildman–Crippen MR) is 70.3 cm³/mol. The summed E-state index contributed by atoms with van der Waals surface area (Å²) in [5.41, 5.74) is 0.298. The van der Waals surface area contributed by atoms with Crippen molar-refractivity contribution in [3.05, 3.63) is 18.2 Å². The number of ether oxygens (including phenoxy) is 2. The maximum Gasteiger partial charge on any atom is 0.387 e. The fourth-order valence-electron chi connectivity index (χ4n) is 2.08. The van der Waals surface area contributed by atoms with Crippen LogP contribution in [-0.2, 0) is 9.84 Å². The average molecular weight is 307 g/mol. The summed E-state index contributed by atoms with van der Waals surface area (Å²) in [5, 5.41) is 2.93. The number of hydrogen-bond donors (Lipinski definition) is 1. The molecule has 1 aliphatic heterocycles. The Balaban J connectivity index is 2.19. The molecule has 5 nitrogen and oxygen atoms in total. The highest BCUT2D eigenvalue weighted by atomic mass is 32.2. The topological polar surface area (TPSA) is 64.6 Å². The minimum absolute atomic E-state index is 0.0155. The number of anilines is 1. The molecule has 0 amide bonds. The predicted octanol–water partition coefficient (Wildman–Crippen LogP) is 1.90. The first-order valence-corrected chi connectivity index (χ1v) is 7.81. The van der Waals surface area contributed by atoms with Crippen molar-refractivity contribution in [2.45, 2.75) is 19.1 Å². The Morgan fingerprint density at radius 2 is 2.15 bits per heavy atom. The minimum atomic E-state index is -3.05. The number of rotatable bonds is 5. The standard InChI is InChI=1S/C12H15F2NO4S/c1-18-9-2-3-11(19-12(13)14)10(6-9)15-8-4-5-20(16,17)7-8/h2-3,6,8,12,15H,4-5,7H2,1H3. The third-order valence-electron chi connectivity index (χ3n) is 2.99. The largest absolute Gasteiger partial charge is 0.497 e. The van der Waals surface area contributed by atoms with E-state index in [9.17, 15) is 17.2 Å². The quantitative estimate of drug-likeness (QED) is 0.900. The van der Waals surface area contributed by atoms with Crippen LogP contribution in [0.2, 0.25) is 0 Å². The molecule has 1 atom stereocenters. The smallest absolute Gasteiger partial charge is 0.387 e. The molecule has 0 bridgehead atoms. The number of benzene rings is 1. The van der Waals surface area contributed by atoms with E-state index >= 15 is 0 Å². The van der Waals surface area contributed by atoms with Crippen LogP contribution in [0.3, 0.4) is 0 Å². The van der Waals surface area contributed by atoms with Crippen LogP contribution in [0.25, 0.3) is 0 Å². The summed E-state index contributed by atoms with van der Waals surface area (Å²) in [7, 11) is -1.60. The van der Waals surface area contributed by atoms with Crippen molar-refractivity contribution in [1.29, 1.82) is 0 Å². The first-order chi connectivity index (χ1) is 9.39. The second-order valence-corrected chi connectivity index (χ2v) is 6.71. The van der Waals surface area contributed by atoms with Crippen LogP contribution in [0, 0.1) is 0 Å². The zero-order chi connectivity index (χ0) is 14.8. The van der Waals surface area contributed by atoms with E-state index in [1.807, 2.05) is 0 Å². The summed E-state index contributed by atoms with van der Waals surface area (Å²) in [5.74, 6) is 0.512. The number of nitrogens with one attached hydrogen (secondary N) is 1. The van der Waals surface area contributed by atoms with Gasteiger partial charge >= 0.3 is 6.61 Å². The zero-order valence-corrected chi connectivity index (χ0v) is 11.6. The highest BCUT2D eigenvalue weighted by Gasteiger charge is 2.28. The van der Waals surface area contributed by atoms with E-state index in [0.717, 1.165) is 0 Å². The van der Waals surface area contributed by atoms with Crippen LogP contribution in [-0.4, -0.2) is 39.7 Å². The van der Waals surface area contributed by atoms with Gasteiger partial charge < -0.3 is 14.8 Å². The Morgan fingerprint density at radius 3 is 2.70 bits per heavy atom. The summed E-state index contributed by atoms with van der Waals surface area (Å²) in [6.07, 6.45) is 0.438. The van der Waals surface area contributed by atoms with Gasteiger partial charge in [0.15, 0.2) is 9.84 Å². The van der Waals surface area contributed by atoms with E-state index < -0.39 is 16.4 Å². The SMILES string of the molecule is COc1ccc(OC(F)F)c(NC2CCS(=O)(=O)C2)c1. The van der Waals surface area contributed by atoms with Crippen LogP contribution in [0.5, 0.6) is 11.5 Å². The van der Waals surface area contributed by atoms with Crippen LogP contribution in [0.1, 0.15) is 6.42 Å². The number of halogens is 2. The van der Waals surface area contributed by atoms with Gasteiger partial charge in [0.1, 0.15) is 11.5 Å². The molecule has 112 valence electrons. The lowest BCUT2D eigenvalue weighted by atomic mass is 10.2. The van der Waals surface area contributed by atoms with Crippen molar-refractivity contribution in [2.24, 2.45) is 0 Å². The number of alkyl halides is 2. The molecule has 8 heteroatoms. The van der Waals surface area contributed by atoms with Gasteiger partial charge in [-0.1, -0.05) is 0 Å². The van der Waals surface area contributed by atoms with Gasteiger partial charge in [-0.2, -0.15) is 8.78 Å². The number of methoxy groups -OCH3 is 1. The first-order valence-electron chi connectivity index (χ1n) is 5.99. The van der Waals surface area contributed by atoms with Crippen LogP contribution in [0.4, 0.5) is 14.5 Å². The van der Waals surface area contributed by atoms with Gasteiger partial charge in [-0.3, -0.25) is 0 Å². The Kier molecular flexibility index (Phi) is 4.32. The molecule has 0 radical (unpaired) electrons. The molecular weight excluding hydrogens is 292 g/mol. The third-order valence-corrected chi connectivity index (χ3v) is 4.76. The molecule has 2 rings (SSSR count). The fraction of sp³-hybridized carbons (Fsp3) is 0.500. The fourth-order valence-corrected chi connectivity index (χ4v) is 3.75. The first kappa shape index (κ1) is 14.8. The molecule has 0 saturated carbocycles. The van der Waals surface area contributed by atoms with E-state index in [-0.39, 0.29) is 23.3 Å². The molecule has 1 unspecified atom stereocenters. The zero-order valence-electron chi connectivity index (χ0n) is 10.8. The lowest BCUT2D eigenvalue weighted by molar-refractivity contribution is -0.0494. The summed E-state index contributed by atoms with van der Waals surface area (Å²) in [4.78, 5) is 0. The third kappa shape index (κ3) is 3.72. The molecule has 0 spiro atoms. The average Bonchev–Trinajstić information content (AvgIpc) is 2.70. The van der Waals surface area contributed by atoms with Gasteiger partial charge in [0.25, 0.3) is 0 Å². The number of sulfone groups is 1. The van der Waals surface area contributed by atoms with Gasteiger partial charge in [0.2, 0.25) is 0 Å². The summed E-state index contributed by atoms with van der Waals surface area (Å²) < 4.78 is 56.9. The van der Waals surface area contributed by atoms with Crippen molar-refractivity contribution < 1.29 is 26.7 Å². The second kappa shape index (κ2) is 5.82. The lowest BCUT2D eigenvalue weighted by Crippen LogP contribution is -2.21. The molecule has 0 aliphatic carbocycles. The van der Waals surface area contributed by atoms with Crippen molar-refractivity contribution in [3.63, 3.8) is 0 Å². The highest BCUT2D eigenvalue weighted by Crippen LogP contribution is 2.32. The van der Waals surface area contributed by atoms with Crippen LogP contribution in [0.15, 0.2) is 18.2 Å². The molecule has 0 aromatic heterocycles. The van der Waals surface area contributed by atoms with E-state index in [1.165, 1.54) is 25.3 Å². The molecule has 1 aromatic carbocycles. The molecule has 1 aliphatic rings. The molecule has 1 heterocycles. The summed E-state index contributed by atoms with van der Waals surface area (Å²) in [6, 6.07) is 4.04. The molecule has 20 heavy (non-hydrogen) atoms. The Labute approximate surface area is 115 Å². The van der Waals surface area contributed by atoms with Gasteiger partial charge in [-0.05, 0) is 18.6 Å². The van der Waals surface area contributed by atoms with Gasteiger partial charge in [0.05, 0.1) is 24.3 Å². The maximum absolute atomic E-state index is 12.3. The van der Waals surface area contributed by atoms with Gasteiger partial charge in [-0.25, -0.2) is 8.42 Å². The normalized spacial score (nSPS) is 20.9. The van der Waals surface area contributed by atoms with Crippen molar-refractivity contribution >= 4 is 15.5 Å². The minimum Gasteiger partial charge on any atom is -0.497 e. The second-order valence-electron chi connectivity index (χ2n) is 4.48. The van der Waals surface area contributed by atoms with Crippen LogP contribution >= 0.6 is 0 Å². The summed E-state index contributed by atoms with van der Waals surface area (Å²) >= 11 is 0. The van der Waals surface area contributed by atoms with E-state index in [2.05, 4.69) is 10.1 Å². The van der Waals surface area contributed by atoms with Crippen molar-refractivity contribution in [3.8, 4) is 11.5 Å². The van der Waals surface area contributed by atoms with E-state index in [4.69, 9.17) is 4.74 Å². The van der Waals surface area contributed by atoms with Gasteiger partial charge in [0, 0.05) is 12.1 Å². The highest BCUT2D eigenvalue weighted by molar-refractivity contribution is 7.91.